The number of aromatic nitrogens is 1. The molecule has 0 spiro atoms. The predicted octanol–water partition coefficient (Wildman–Crippen LogP) is 1.67. The second-order valence-electron chi connectivity index (χ2n) is 6.17. The lowest BCUT2D eigenvalue weighted by atomic mass is 10.0. The van der Waals surface area contributed by atoms with E-state index in [4.69, 9.17) is 0 Å². The maximum atomic E-state index is 12.5. The van der Waals surface area contributed by atoms with Gasteiger partial charge in [-0.25, -0.2) is 0 Å². The van der Waals surface area contributed by atoms with Crippen LogP contribution in [-0.2, 0) is 9.59 Å². The molecule has 24 heavy (non-hydrogen) atoms. The van der Waals surface area contributed by atoms with Crippen LogP contribution < -0.4 is 10.6 Å². The molecule has 1 unspecified atom stereocenters. The van der Waals surface area contributed by atoms with Gasteiger partial charge in [0.1, 0.15) is 0 Å². The summed E-state index contributed by atoms with van der Waals surface area (Å²) < 4.78 is 0. The summed E-state index contributed by atoms with van der Waals surface area (Å²) in [6, 6.07) is 4.06. The smallest absolute Gasteiger partial charge is 0.223 e. The molecule has 1 saturated heterocycles. The van der Waals surface area contributed by atoms with Crippen molar-refractivity contribution in [1.82, 2.24) is 20.5 Å². The quantitative estimate of drug-likeness (QED) is 0.815. The Bertz CT molecular complexity index is 525. The van der Waals surface area contributed by atoms with Gasteiger partial charge in [-0.15, -0.1) is 12.4 Å². The second-order valence-corrected chi connectivity index (χ2v) is 6.17. The number of nitrogens with zero attached hydrogens (tertiary/aromatic N) is 2. The number of nitrogens with one attached hydrogen (secondary N) is 2. The van der Waals surface area contributed by atoms with Gasteiger partial charge in [0.2, 0.25) is 11.8 Å². The van der Waals surface area contributed by atoms with Gasteiger partial charge in [0.05, 0.1) is 6.04 Å². The number of carbonyl (C=O) groups excluding carboxylic acids is 2. The lowest BCUT2D eigenvalue weighted by molar-refractivity contribution is -0.134. The summed E-state index contributed by atoms with van der Waals surface area (Å²) in [5.41, 5.74) is 1.05. The highest BCUT2D eigenvalue weighted by Crippen LogP contribution is 2.22. The average molecular weight is 355 g/mol. The van der Waals surface area contributed by atoms with Crippen molar-refractivity contribution in [3.63, 3.8) is 0 Å². The molecule has 1 aromatic rings. The lowest BCUT2D eigenvalue weighted by Crippen LogP contribution is -2.48. The highest BCUT2D eigenvalue weighted by molar-refractivity contribution is 5.85. The zero-order valence-electron chi connectivity index (χ0n) is 14.3. The van der Waals surface area contributed by atoms with Crippen LogP contribution >= 0.6 is 12.4 Å². The average Bonchev–Trinajstić information content (AvgIpc) is 2.55. The number of carbonyl (C=O) groups is 2. The highest BCUT2D eigenvalue weighted by Gasteiger charge is 2.27. The first kappa shape index (κ1) is 20.4. The zero-order chi connectivity index (χ0) is 16.7. The molecule has 1 fully saturated rings. The number of hydrogen-bond acceptors (Lipinski definition) is 4. The Morgan fingerprint density at radius 1 is 1.42 bits per heavy atom. The minimum absolute atomic E-state index is 0. The Balaban J connectivity index is 0.00000288. The number of hydrogen-bond donors (Lipinski definition) is 2. The third-order valence-electron chi connectivity index (χ3n) is 3.88. The Morgan fingerprint density at radius 3 is 2.88 bits per heavy atom. The van der Waals surface area contributed by atoms with Crippen molar-refractivity contribution in [2.75, 3.05) is 19.6 Å². The Kier molecular flexibility index (Phi) is 8.71. The van der Waals surface area contributed by atoms with Crippen molar-refractivity contribution >= 4 is 24.2 Å². The first-order chi connectivity index (χ1) is 11.1. The van der Waals surface area contributed by atoms with Crippen molar-refractivity contribution in [2.45, 2.75) is 45.2 Å². The maximum absolute atomic E-state index is 12.5. The number of halogens is 1. The fourth-order valence-corrected chi connectivity index (χ4v) is 2.81. The fraction of sp³-hybridized carbons (Fsp3) is 0.588. The maximum Gasteiger partial charge on any atom is 0.223 e. The van der Waals surface area contributed by atoms with Crippen molar-refractivity contribution in [2.24, 2.45) is 0 Å². The molecule has 2 N–H and O–H groups in total. The van der Waals surface area contributed by atoms with Gasteiger partial charge in [-0.1, -0.05) is 6.07 Å². The standard InChI is InChI=1S/C17H26N4O2.ClH/c1-13(2)20-16(22)6-3-7-17(23)21-10-9-19-12-15(21)14-5-4-8-18-11-14;/h4-5,8,11,13,15,19H,3,6-7,9-10,12H2,1-2H3,(H,20,22);1H. The van der Waals surface area contributed by atoms with E-state index >= 15 is 0 Å². The molecule has 2 heterocycles. The van der Waals surface area contributed by atoms with E-state index < -0.39 is 0 Å². The molecule has 6 nitrogen and oxygen atoms in total. The van der Waals surface area contributed by atoms with Crippen LogP contribution in [0, 0.1) is 0 Å². The summed E-state index contributed by atoms with van der Waals surface area (Å²) in [4.78, 5) is 30.2. The van der Waals surface area contributed by atoms with Crippen LogP contribution in [0.2, 0.25) is 0 Å². The van der Waals surface area contributed by atoms with Crippen molar-refractivity contribution < 1.29 is 9.59 Å². The monoisotopic (exact) mass is 354 g/mol. The topological polar surface area (TPSA) is 74.3 Å². The minimum atomic E-state index is 0. The molecule has 1 atom stereocenters. The first-order valence-electron chi connectivity index (χ1n) is 8.27. The number of rotatable bonds is 6. The third-order valence-corrected chi connectivity index (χ3v) is 3.88. The van der Waals surface area contributed by atoms with Gasteiger partial charge < -0.3 is 15.5 Å². The van der Waals surface area contributed by atoms with E-state index in [1.165, 1.54) is 0 Å². The summed E-state index contributed by atoms with van der Waals surface area (Å²) >= 11 is 0. The molecule has 0 radical (unpaired) electrons. The van der Waals surface area contributed by atoms with E-state index in [0.29, 0.717) is 25.8 Å². The van der Waals surface area contributed by atoms with Gasteiger partial charge in [-0.2, -0.15) is 0 Å². The van der Waals surface area contributed by atoms with Crippen molar-refractivity contribution in [3.05, 3.63) is 30.1 Å². The molecule has 0 saturated carbocycles. The van der Waals surface area contributed by atoms with Crippen molar-refractivity contribution in [3.8, 4) is 0 Å². The summed E-state index contributed by atoms with van der Waals surface area (Å²) in [6.45, 7) is 6.10. The number of pyridine rings is 1. The van der Waals surface area contributed by atoms with Crippen LogP contribution in [-0.4, -0.2) is 47.4 Å². The number of piperazine rings is 1. The van der Waals surface area contributed by atoms with E-state index in [1.807, 2.05) is 37.1 Å². The summed E-state index contributed by atoms with van der Waals surface area (Å²) in [5, 5.41) is 6.18. The van der Waals surface area contributed by atoms with Crippen LogP contribution in [0.5, 0.6) is 0 Å². The van der Waals surface area contributed by atoms with E-state index in [-0.39, 0.29) is 36.3 Å². The molecule has 1 aromatic heterocycles. The number of amides is 2. The van der Waals surface area contributed by atoms with Crippen molar-refractivity contribution in [1.29, 1.82) is 0 Å². The first-order valence-corrected chi connectivity index (χ1v) is 8.27. The van der Waals surface area contributed by atoms with Crippen LogP contribution in [0.15, 0.2) is 24.5 Å². The Morgan fingerprint density at radius 2 is 2.21 bits per heavy atom. The van der Waals surface area contributed by atoms with E-state index in [2.05, 4.69) is 15.6 Å². The van der Waals surface area contributed by atoms with Crippen LogP contribution in [0.4, 0.5) is 0 Å². The molecule has 1 aliphatic rings. The molecule has 0 aromatic carbocycles. The zero-order valence-corrected chi connectivity index (χ0v) is 15.1. The minimum Gasteiger partial charge on any atom is -0.354 e. The molecular formula is C17H27ClN4O2. The van der Waals surface area contributed by atoms with Crippen LogP contribution in [0.3, 0.4) is 0 Å². The third kappa shape index (κ3) is 6.09. The highest BCUT2D eigenvalue weighted by atomic mass is 35.5. The van der Waals surface area contributed by atoms with Gasteiger partial charge in [-0.3, -0.25) is 14.6 Å². The largest absolute Gasteiger partial charge is 0.354 e. The fourth-order valence-electron chi connectivity index (χ4n) is 2.81. The van der Waals surface area contributed by atoms with Gasteiger partial charge >= 0.3 is 0 Å². The molecule has 1 aliphatic heterocycles. The Labute approximate surface area is 149 Å². The van der Waals surface area contributed by atoms with Gasteiger partial charge in [0.25, 0.3) is 0 Å². The van der Waals surface area contributed by atoms with Crippen LogP contribution in [0.1, 0.15) is 44.7 Å². The molecule has 0 aliphatic carbocycles. The second kappa shape index (κ2) is 10.3. The molecule has 134 valence electrons. The van der Waals surface area contributed by atoms with Gasteiger partial charge in [-0.05, 0) is 31.9 Å². The van der Waals surface area contributed by atoms with Crippen LogP contribution in [0.25, 0.3) is 0 Å². The summed E-state index contributed by atoms with van der Waals surface area (Å²) in [5.74, 6) is 0.120. The lowest BCUT2D eigenvalue weighted by Gasteiger charge is -2.36. The van der Waals surface area contributed by atoms with E-state index in [0.717, 1.165) is 18.7 Å². The summed E-state index contributed by atoms with van der Waals surface area (Å²) in [7, 11) is 0. The van der Waals surface area contributed by atoms with Gasteiger partial charge in [0, 0.05) is 50.9 Å². The molecular weight excluding hydrogens is 328 g/mol. The predicted molar refractivity (Wildman–Crippen MR) is 95.9 cm³/mol. The molecule has 2 rings (SSSR count). The summed E-state index contributed by atoms with van der Waals surface area (Å²) in [6.07, 6.45) is 4.93. The molecule has 0 bridgehead atoms. The van der Waals surface area contributed by atoms with E-state index in [1.54, 1.807) is 6.20 Å². The Hall–Kier alpha value is -1.66. The molecule has 7 heteroatoms. The van der Waals surface area contributed by atoms with E-state index in [9.17, 15) is 9.59 Å². The molecule has 2 amide bonds. The SMILES string of the molecule is CC(C)NC(=O)CCCC(=O)N1CCNCC1c1cccnc1.Cl. The van der Waals surface area contributed by atoms with Gasteiger partial charge in [0.15, 0.2) is 0 Å². The normalized spacial score (nSPS) is 17.3.